The van der Waals surface area contributed by atoms with Gasteiger partial charge in [-0.15, -0.1) is 0 Å². The summed E-state index contributed by atoms with van der Waals surface area (Å²) in [5, 5.41) is 12.0. The number of carbonyl (C=O) groups excluding carboxylic acids is 1. The standard InChI is InChI=1S/C15H23NO3/c1-4-6-11(2)16-15(18)12(3)19-14-8-5-7-13(9-14)10-17/h5,7-9,11-12,17H,4,6,10H2,1-3H3,(H,16,18). The highest BCUT2D eigenvalue weighted by Gasteiger charge is 2.16. The summed E-state index contributed by atoms with van der Waals surface area (Å²) in [7, 11) is 0. The first-order chi connectivity index (χ1) is 9.06. The number of benzene rings is 1. The molecule has 0 aliphatic carbocycles. The van der Waals surface area contributed by atoms with Gasteiger partial charge in [0, 0.05) is 6.04 Å². The van der Waals surface area contributed by atoms with Crippen LogP contribution >= 0.6 is 0 Å². The van der Waals surface area contributed by atoms with Crippen LogP contribution in [0.15, 0.2) is 24.3 Å². The summed E-state index contributed by atoms with van der Waals surface area (Å²) >= 11 is 0. The molecule has 19 heavy (non-hydrogen) atoms. The highest BCUT2D eigenvalue weighted by molar-refractivity contribution is 5.80. The molecule has 2 unspecified atom stereocenters. The maximum absolute atomic E-state index is 11.9. The Labute approximate surface area is 114 Å². The zero-order valence-electron chi connectivity index (χ0n) is 11.8. The molecule has 1 aromatic rings. The zero-order valence-corrected chi connectivity index (χ0v) is 11.8. The molecule has 0 aliphatic heterocycles. The molecule has 0 saturated carbocycles. The number of ether oxygens (including phenoxy) is 1. The normalized spacial score (nSPS) is 13.7. The molecule has 0 aromatic heterocycles. The Hall–Kier alpha value is -1.55. The van der Waals surface area contributed by atoms with E-state index in [9.17, 15) is 4.79 Å². The first-order valence-corrected chi connectivity index (χ1v) is 6.73. The molecule has 2 atom stereocenters. The van der Waals surface area contributed by atoms with E-state index in [1.54, 1.807) is 31.2 Å². The molecule has 1 amide bonds. The Balaban J connectivity index is 2.53. The summed E-state index contributed by atoms with van der Waals surface area (Å²) in [5.74, 6) is 0.479. The van der Waals surface area contributed by atoms with Crippen LogP contribution < -0.4 is 10.1 Å². The fourth-order valence-electron chi connectivity index (χ4n) is 1.84. The second kappa shape index (κ2) is 7.79. The van der Waals surface area contributed by atoms with Crippen molar-refractivity contribution in [1.29, 1.82) is 0 Å². The number of nitrogens with one attached hydrogen (secondary N) is 1. The molecule has 0 aliphatic rings. The van der Waals surface area contributed by atoms with E-state index in [4.69, 9.17) is 9.84 Å². The van der Waals surface area contributed by atoms with Crippen molar-refractivity contribution in [3.05, 3.63) is 29.8 Å². The first kappa shape index (κ1) is 15.5. The molecular formula is C15H23NO3. The Kier molecular flexibility index (Phi) is 6.36. The van der Waals surface area contributed by atoms with Crippen LogP contribution in [-0.4, -0.2) is 23.2 Å². The summed E-state index contributed by atoms with van der Waals surface area (Å²) in [4.78, 5) is 11.9. The van der Waals surface area contributed by atoms with Crippen molar-refractivity contribution >= 4 is 5.91 Å². The van der Waals surface area contributed by atoms with Gasteiger partial charge in [-0.25, -0.2) is 0 Å². The fraction of sp³-hybridized carbons (Fsp3) is 0.533. The van der Waals surface area contributed by atoms with Gasteiger partial charge in [-0.05, 0) is 38.0 Å². The van der Waals surface area contributed by atoms with Crippen LogP contribution in [0.3, 0.4) is 0 Å². The van der Waals surface area contributed by atoms with Crippen LogP contribution in [0.25, 0.3) is 0 Å². The molecule has 1 aromatic carbocycles. The quantitative estimate of drug-likeness (QED) is 0.795. The monoisotopic (exact) mass is 265 g/mol. The Morgan fingerprint density at radius 1 is 1.42 bits per heavy atom. The van der Waals surface area contributed by atoms with Crippen molar-refractivity contribution in [2.24, 2.45) is 0 Å². The second-order valence-corrected chi connectivity index (χ2v) is 4.76. The first-order valence-electron chi connectivity index (χ1n) is 6.73. The lowest BCUT2D eigenvalue weighted by Crippen LogP contribution is -2.41. The molecule has 0 saturated heterocycles. The summed E-state index contributed by atoms with van der Waals surface area (Å²) in [6, 6.07) is 7.27. The van der Waals surface area contributed by atoms with Crippen molar-refractivity contribution < 1.29 is 14.6 Å². The fourth-order valence-corrected chi connectivity index (χ4v) is 1.84. The molecule has 0 fully saturated rings. The van der Waals surface area contributed by atoms with Gasteiger partial charge in [0.05, 0.1) is 6.61 Å². The molecule has 0 bridgehead atoms. The van der Waals surface area contributed by atoms with Gasteiger partial charge in [0.25, 0.3) is 5.91 Å². The van der Waals surface area contributed by atoms with Crippen molar-refractivity contribution in [3.63, 3.8) is 0 Å². The molecule has 4 nitrogen and oxygen atoms in total. The van der Waals surface area contributed by atoms with E-state index in [1.807, 2.05) is 6.92 Å². The number of aliphatic hydroxyl groups excluding tert-OH is 1. The summed E-state index contributed by atoms with van der Waals surface area (Å²) in [6.45, 7) is 5.76. The molecule has 2 N–H and O–H groups in total. The molecule has 106 valence electrons. The minimum absolute atomic E-state index is 0.0364. The third-order valence-corrected chi connectivity index (χ3v) is 2.87. The van der Waals surface area contributed by atoms with E-state index in [-0.39, 0.29) is 18.6 Å². The number of aliphatic hydroxyl groups is 1. The number of amides is 1. The smallest absolute Gasteiger partial charge is 0.260 e. The van der Waals surface area contributed by atoms with E-state index >= 15 is 0 Å². The summed E-state index contributed by atoms with van der Waals surface area (Å²) in [6.07, 6.45) is 1.45. The molecular weight excluding hydrogens is 242 g/mol. The number of rotatable bonds is 7. The van der Waals surface area contributed by atoms with Crippen LogP contribution in [0, 0.1) is 0 Å². The van der Waals surface area contributed by atoms with E-state index in [0.717, 1.165) is 18.4 Å². The lowest BCUT2D eigenvalue weighted by atomic mass is 10.2. The maximum Gasteiger partial charge on any atom is 0.260 e. The van der Waals surface area contributed by atoms with Gasteiger partial charge >= 0.3 is 0 Å². The lowest BCUT2D eigenvalue weighted by Gasteiger charge is -2.18. The van der Waals surface area contributed by atoms with Gasteiger partial charge in [0.15, 0.2) is 6.10 Å². The predicted octanol–water partition coefficient (Wildman–Crippen LogP) is 2.25. The third kappa shape index (κ3) is 5.30. The molecule has 0 radical (unpaired) electrons. The molecule has 4 heteroatoms. The topological polar surface area (TPSA) is 58.6 Å². The Morgan fingerprint density at radius 3 is 2.79 bits per heavy atom. The number of hydrogen-bond donors (Lipinski definition) is 2. The highest BCUT2D eigenvalue weighted by Crippen LogP contribution is 2.15. The maximum atomic E-state index is 11.9. The average molecular weight is 265 g/mol. The average Bonchev–Trinajstić information content (AvgIpc) is 2.39. The van der Waals surface area contributed by atoms with Crippen molar-refractivity contribution in [2.75, 3.05) is 0 Å². The van der Waals surface area contributed by atoms with Gasteiger partial charge in [-0.2, -0.15) is 0 Å². The molecule has 0 heterocycles. The van der Waals surface area contributed by atoms with Crippen LogP contribution in [0.4, 0.5) is 0 Å². The van der Waals surface area contributed by atoms with Crippen LogP contribution in [0.1, 0.15) is 39.2 Å². The highest BCUT2D eigenvalue weighted by atomic mass is 16.5. The Morgan fingerprint density at radius 2 is 2.16 bits per heavy atom. The zero-order chi connectivity index (χ0) is 14.3. The number of hydrogen-bond acceptors (Lipinski definition) is 3. The van der Waals surface area contributed by atoms with E-state index in [2.05, 4.69) is 12.2 Å². The van der Waals surface area contributed by atoms with Gasteiger partial charge in [0.2, 0.25) is 0 Å². The minimum Gasteiger partial charge on any atom is -0.481 e. The van der Waals surface area contributed by atoms with E-state index in [1.165, 1.54) is 0 Å². The number of carbonyl (C=O) groups is 1. The van der Waals surface area contributed by atoms with Crippen LogP contribution in [-0.2, 0) is 11.4 Å². The van der Waals surface area contributed by atoms with Crippen LogP contribution in [0.2, 0.25) is 0 Å². The van der Waals surface area contributed by atoms with E-state index < -0.39 is 6.10 Å². The van der Waals surface area contributed by atoms with Gasteiger partial charge in [-0.3, -0.25) is 4.79 Å². The minimum atomic E-state index is -0.548. The molecule has 0 spiro atoms. The van der Waals surface area contributed by atoms with Gasteiger partial charge in [0.1, 0.15) is 5.75 Å². The van der Waals surface area contributed by atoms with Crippen molar-refractivity contribution in [1.82, 2.24) is 5.32 Å². The van der Waals surface area contributed by atoms with Gasteiger partial charge < -0.3 is 15.2 Å². The van der Waals surface area contributed by atoms with Gasteiger partial charge in [-0.1, -0.05) is 25.5 Å². The van der Waals surface area contributed by atoms with Crippen LogP contribution in [0.5, 0.6) is 5.75 Å². The largest absolute Gasteiger partial charge is 0.481 e. The lowest BCUT2D eigenvalue weighted by molar-refractivity contribution is -0.127. The predicted molar refractivity (Wildman–Crippen MR) is 75.0 cm³/mol. The SMILES string of the molecule is CCCC(C)NC(=O)C(C)Oc1cccc(CO)c1. The second-order valence-electron chi connectivity index (χ2n) is 4.76. The van der Waals surface area contributed by atoms with E-state index in [0.29, 0.717) is 5.75 Å². The summed E-state index contributed by atoms with van der Waals surface area (Å²) in [5.41, 5.74) is 0.768. The van der Waals surface area contributed by atoms with Crippen molar-refractivity contribution in [2.45, 2.75) is 52.4 Å². The molecule has 1 rings (SSSR count). The Bertz CT molecular complexity index is 406. The summed E-state index contributed by atoms with van der Waals surface area (Å²) < 4.78 is 5.57. The third-order valence-electron chi connectivity index (χ3n) is 2.87. The van der Waals surface area contributed by atoms with Crippen molar-refractivity contribution in [3.8, 4) is 5.75 Å².